The van der Waals surface area contributed by atoms with E-state index in [0.29, 0.717) is 17.9 Å². The molecule has 0 spiro atoms. The van der Waals surface area contributed by atoms with Gasteiger partial charge in [0.05, 0.1) is 0 Å². The standard InChI is InChI=1S/C22H28N6O/c29-15-16-1-4-20(13-16)28-10-7-17-14-24-22(26-21(17)28)25-18-2-5-19(6-3-18)27-11-8-23-9-12-27/h2-3,5-7,10,14,16,20,23,29H,1,4,8-9,11-13,15H2,(H,24,25,26)/t16-,20?/m1/s1. The molecule has 7 heteroatoms. The van der Waals surface area contributed by atoms with Crippen molar-refractivity contribution in [2.24, 2.45) is 5.92 Å². The predicted molar refractivity (Wildman–Crippen MR) is 116 cm³/mol. The van der Waals surface area contributed by atoms with Crippen LogP contribution in [0.4, 0.5) is 17.3 Å². The maximum absolute atomic E-state index is 9.45. The molecule has 0 bridgehead atoms. The van der Waals surface area contributed by atoms with Gasteiger partial charge < -0.3 is 25.2 Å². The number of hydrogen-bond donors (Lipinski definition) is 3. The Kier molecular flexibility index (Phi) is 5.08. The smallest absolute Gasteiger partial charge is 0.229 e. The fourth-order valence-corrected chi connectivity index (χ4v) is 4.57. The van der Waals surface area contributed by atoms with E-state index in [2.05, 4.69) is 61.6 Å². The number of benzene rings is 1. The first kappa shape index (κ1) is 18.4. The maximum atomic E-state index is 9.45. The van der Waals surface area contributed by atoms with Gasteiger partial charge in [-0.1, -0.05) is 0 Å². The Labute approximate surface area is 170 Å². The van der Waals surface area contributed by atoms with Gasteiger partial charge in [-0.15, -0.1) is 0 Å². The molecular formula is C22H28N6O. The van der Waals surface area contributed by atoms with Crippen LogP contribution < -0.4 is 15.5 Å². The van der Waals surface area contributed by atoms with Crippen molar-refractivity contribution in [3.8, 4) is 0 Å². The first-order valence-corrected chi connectivity index (χ1v) is 10.6. The van der Waals surface area contributed by atoms with Gasteiger partial charge in [0.1, 0.15) is 5.65 Å². The number of aliphatic hydroxyl groups excluding tert-OH is 1. The fourth-order valence-electron chi connectivity index (χ4n) is 4.57. The van der Waals surface area contributed by atoms with Gasteiger partial charge in [-0.3, -0.25) is 0 Å². The average Bonchev–Trinajstić information content (AvgIpc) is 3.41. The number of nitrogens with one attached hydrogen (secondary N) is 2. The highest BCUT2D eigenvalue weighted by Gasteiger charge is 2.26. The zero-order valence-corrected chi connectivity index (χ0v) is 16.6. The van der Waals surface area contributed by atoms with E-state index in [4.69, 9.17) is 4.98 Å². The van der Waals surface area contributed by atoms with E-state index in [0.717, 1.165) is 62.2 Å². The maximum Gasteiger partial charge on any atom is 0.229 e. The highest BCUT2D eigenvalue weighted by atomic mass is 16.3. The molecule has 29 heavy (non-hydrogen) atoms. The Morgan fingerprint density at radius 1 is 1.10 bits per heavy atom. The van der Waals surface area contributed by atoms with Gasteiger partial charge in [0.25, 0.3) is 0 Å². The Balaban J connectivity index is 1.33. The molecule has 3 heterocycles. The monoisotopic (exact) mass is 392 g/mol. The molecule has 7 nitrogen and oxygen atoms in total. The van der Waals surface area contributed by atoms with E-state index in [-0.39, 0.29) is 6.61 Å². The lowest BCUT2D eigenvalue weighted by Crippen LogP contribution is -2.43. The molecule has 1 aliphatic heterocycles. The van der Waals surface area contributed by atoms with Gasteiger partial charge in [0.2, 0.25) is 5.95 Å². The molecule has 1 saturated carbocycles. The van der Waals surface area contributed by atoms with Crippen LogP contribution in [0.1, 0.15) is 25.3 Å². The molecule has 0 radical (unpaired) electrons. The third-order valence-electron chi connectivity index (χ3n) is 6.23. The molecule has 2 atom stereocenters. The third-order valence-corrected chi connectivity index (χ3v) is 6.23. The normalized spacial score (nSPS) is 22.3. The molecule has 5 rings (SSSR count). The first-order chi connectivity index (χ1) is 14.3. The van der Waals surface area contributed by atoms with Crippen molar-refractivity contribution in [1.29, 1.82) is 0 Å². The summed E-state index contributed by atoms with van der Waals surface area (Å²) in [5.74, 6) is 1.02. The molecule has 1 aromatic carbocycles. The summed E-state index contributed by atoms with van der Waals surface area (Å²) in [4.78, 5) is 11.7. The lowest BCUT2D eigenvalue weighted by molar-refractivity contribution is 0.226. The average molecular weight is 393 g/mol. The summed E-state index contributed by atoms with van der Waals surface area (Å²) in [5, 5.41) is 17.2. The molecule has 2 aromatic heterocycles. The number of fused-ring (bicyclic) bond motifs is 1. The number of nitrogens with zero attached hydrogens (tertiary/aromatic N) is 4. The lowest BCUT2D eigenvalue weighted by Gasteiger charge is -2.29. The van der Waals surface area contributed by atoms with Crippen molar-refractivity contribution in [3.05, 3.63) is 42.7 Å². The van der Waals surface area contributed by atoms with E-state index in [1.165, 1.54) is 5.69 Å². The van der Waals surface area contributed by atoms with Gasteiger partial charge in [0.15, 0.2) is 0 Å². The van der Waals surface area contributed by atoms with Gasteiger partial charge >= 0.3 is 0 Å². The van der Waals surface area contributed by atoms with Crippen LogP contribution in [-0.4, -0.2) is 52.4 Å². The van der Waals surface area contributed by atoms with E-state index in [1.807, 2.05) is 6.20 Å². The summed E-state index contributed by atoms with van der Waals surface area (Å²) in [6, 6.07) is 11.0. The molecule has 1 unspecified atom stereocenters. The van der Waals surface area contributed by atoms with Crippen LogP contribution in [0.5, 0.6) is 0 Å². The first-order valence-electron chi connectivity index (χ1n) is 10.6. The number of hydrogen-bond acceptors (Lipinski definition) is 6. The minimum atomic E-state index is 0.279. The second-order valence-corrected chi connectivity index (χ2v) is 8.12. The third kappa shape index (κ3) is 3.80. The van der Waals surface area contributed by atoms with Crippen molar-refractivity contribution < 1.29 is 5.11 Å². The quantitative estimate of drug-likeness (QED) is 0.620. The number of rotatable bonds is 5. The largest absolute Gasteiger partial charge is 0.396 e. The molecule has 3 aromatic rings. The number of piperazine rings is 1. The van der Waals surface area contributed by atoms with Crippen LogP contribution in [-0.2, 0) is 0 Å². The molecule has 3 N–H and O–H groups in total. The molecule has 1 saturated heterocycles. The summed E-state index contributed by atoms with van der Waals surface area (Å²) < 4.78 is 2.26. The summed E-state index contributed by atoms with van der Waals surface area (Å²) in [7, 11) is 0. The van der Waals surface area contributed by atoms with Crippen LogP contribution in [0.15, 0.2) is 42.7 Å². The highest BCUT2D eigenvalue weighted by molar-refractivity contribution is 5.77. The van der Waals surface area contributed by atoms with E-state index >= 15 is 0 Å². The molecule has 2 aliphatic rings. The SMILES string of the molecule is OC[C@@H]1CCC(n2ccc3cnc(Nc4ccc(N5CCNCC5)cc4)nc32)C1. The van der Waals surface area contributed by atoms with Crippen LogP contribution in [0, 0.1) is 5.92 Å². The van der Waals surface area contributed by atoms with Gasteiger partial charge in [-0.2, -0.15) is 4.98 Å². The number of aliphatic hydroxyl groups is 1. The van der Waals surface area contributed by atoms with Crippen molar-refractivity contribution in [3.63, 3.8) is 0 Å². The lowest BCUT2D eigenvalue weighted by atomic mass is 10.1. The summed E-state index contributed by atoms with van der Waals surface area (Å²) in [5.41, 5.74) is 3.20. The summed E-state index contributed by atoms with van der Waals surface area (Å²) >= 11 is 0. The van der Waals surface area contributed by atoms with E-state index < -0.39 is 0 Å². The highest BCUT2D eigenvalue weighted by Crippen LogP contribution is 2.36. The van der Waals surface area contributed by atoms with Crippen molar-refractivity contribution >= 4 is 28.4 Å². The summed E-state index contributed by atoms with van der Waals surface area (Å²) in [6.07, 6.45) is 7.18. The van der Waals surface area contributed by atoms with Crippen molar-refractivity contribution in [2.75, 3.05) is 43.0 Å². The molecule has 0 amide bonds. The van der Waals surface area contributed by atoms with Crippen molar-refractivity contribution in [1.82, 2.24) is 19.9 Å². The predicted octanol–water partition coefficient (Wildman–Crippen LogP) is 2.92. The van der Waals surface area contributed by atoms with Crippen molar-refractivity contribution in [2.45, 2.75) is 25.3 Å². The van der Waals surface area contributed by atoms with Gasteiger partial charge in [-0.25, -0.2) is 4.98 Å². The molecule has 1 aliphatic carbocycles. The number of aromatic nitrogens is 3. The minimum absolute atomic E-state index is 0.279. The Hall–Kier alpha value is -2.64. The Bertz CT molecular complexity index is 963. The van der Waals surface area contributed by atoms with Crippen LogP contribution in [0.2, 0.25) is 0 Å². The zero-order valence-electron chi connectivity index (χ0n) is 16.6. The van der Waals surface area contributed by atoms with Crippen LogP contribution in [0.25, 0.3) is 11.0 Å². The van der Waals surface area contributed by atoms with E-state index in [9.17, 15) is 5.11 Å². The molecular weight excluding hydrogens is 364 g/mol. The fraction of sp³-hybridized carbons (Fsp3) is 0.455. The van der Waals surface area contributed by atoms with E-state index in [1.54, 1.807) is 0 Å². The van der Waals surface area contributed by atoms with Gasteiger partial charge in [0, 0.05) is 68.0 Å². The topological polar surface area (TPSA) is 78.2 Å². The zero-order chi connectivity index (χ0) is 19.6. The Morgan fingerprint density at radius 3 is 2.69 bits per heavy atom. The van der Waals surface area contributed by atoms with Gasteiger partial charge in [-0.05, 0) is 55.5 Å². The molecule has 152 valence electrons. The van der Waals surface area contributed by atoms with Crippen LogP contribution in [0.3, 0.4) is 0 Å². The van der Waals surface area contributed by atoms with Crippen LogP contribution >= 0.6 is 0 Å². The number of anilines is 3. The minimum Gasteiger partial charge on any atom is -0.396 e. The summed E-state index contributed by atoms with van der Waals surface area (Å²) in [6.45, 7) is 4.44. The second-order valence-electron chi connectivity index (χ2n) is 8.12. The second kappa shape index (κ2) is 8.00. The molecule has 2 fully saturated rings. The Morgan fingerprint density at radius 2 is 1.93 bits per heavy atom.